The second kappa shape index (κ2) is 11.6. The average Bonchev–Trinajstić information content (AvgIpc) is 2.82. The molecule has 0 saturated carbocycles. The predicted molar refractivity (Wildman–Crippen MR) is 128 cm³/mol. The first kappa shape index (κ1) is 24.4. The zero-order chi connectivity index (χ0) is 24.5. The summed E-state index contributed by atoms with van der Waals surface area (Å²) >= 11 is 5.96. The van der Waals surface area contributed by atoms with Gasteiger partial charge in [0, 0.05) is 16.3 Å². The summed E-state index contributed by atoms with van der Waals surface area (Å²) in [6.07, 6.45) is 1.25. The van der Waals surface area contributed by atoms with Crippen LogP contribution in [0.3, 0.4) is 0 Å². The molecule has 10 heteroatoms. The van der Waals surface area contributed by atoms with Gasteiger partial charge in [-0.3, -0.25) is 14.4 Å². The number of ether oxygens (including phenoxy) is 1. The van der Waals surface area contributed by atoms with Gasteiger partial charge in [0.1, 0.15) is 11.6 Å². The molecule has 8 nitrogen and oxygen atoms in total. The van der Waals surface area contributed by atoms with Crippen LogP contribution in [-0.2, 0) is 14.4 Å². The second-order valence-corrected chi connectivity index (χ2v) is 7.40. The zero-order valence-corrected chi connectivity index (χ0v) is 18.7. The third kappa shape index (κ3) is 6.88. The van der Waals surface area contributed by atoms with Crippen LogP contribution in [0.25, 0.3) is 0 Å². The minimum Gasteiger partial charge on any atom is -0.483 e. The van der Waals surface area contributed by atoms with Gasteiger partial charge >= 0.3 is 11.8 Å². The fourth-order valence-electron chi connectivity index (χ4n) is 2.73. The number of nitrogens with one attached hydrogen (secondary N) is 3. The summed E-state index contributed by atoms with van der Waals surface area (Å²) in [7, 11) is 0. The zero-order valence-electron chi connectivity index (χ0n) is 18.0. The molecular weight excluding hydrogens is 463 g/mol. The van der Waals surface area contributed by atoms with Crippen molar-refractivity contribution in [2.24, 2.45) is 5.10 Å². The van der Waals surface area contributed by atoms with E-state index in [2.05, 4.69) is 21.2 Å². The number of hydrogen-bond acceptors (Lipinski definition) is 5. The molecule has 0 radical (unpaired) electrons. The second-order valence-electron chi connectivity index (χ2n) is 6.97. The van der Waals surface area contributed by atoms with E-state index >= 15 is 0 Å². The lowest BCUT2D eigenvalue weighted by molar-refractivity contribution is -0.136. The Morgan fingerprint density at radius 3 is 2.50 bits per heavy atom. The van der Waals surface area contributed by atoms with E-state index in [-0.39, 0.29) is 12.3 Å². The molecule has 0 aromatic heterocycles. The lowest BCUT2D eigenvalue weighted by atomic mass is 10.2. The summed E-state index contributed by atoms with van der Waals surface area (Å²) in [6, 6.07) is 17.3. The number of benzene rings is 3. The van der Waals surface area contributed by atoms with Gasteiger partial charge in [0.05, 0.1) is 11.9 Å². The van der Waals surface area contributed by atoms with Gasteiger partial charge < -0.3 is 15.4 Å². The molecular formula is C24H20ClFN4O4. The number of aryl methyl sites for hydroxylation is 1. The Morgan fingerprint density at radius 2 is 1.71 bits per heavy atom. The number of carbonyl (C=O) groups excluding carboxylic acids is 3. The molecule has 34 heavy (non-hydrogen) atoms. The Bertz CT molecular complexity index is 1250. The summed E-state index contributed by atoms with van der Waals surface area (Å²) in [4.78, 5) is 36.1. The summed E-state index contributed by atoms with van der Waals surface area (Å²) < 4.78 is 19.2. The topological polar surface area (TPSA) is 109 Å². The maximum Gasteiger partial charge on any atom is 0.329 e. The monoisotopic (exact) mass is 482 g/mol. The van der Waals surface area contributed by atoms with E-state index in [9.17, 15) is 18.8 Å². The van der Waals surface area contributed by atoms with E-state index in [1.54, 1.807) is 42.5 Å². The Labute approximate surface area is 199 Å². The molecule has 174 valence electrons. The van der Waals surface area contributed by atoms with Crippen molar-refractivity contribution in [3.8, 4) is 5.75 Å². The highest BCUT2D eigenvalue weighted by Gasteiger charge is 2.15. The first-order valence-corrected chi connectivity index (χ1v) is 10.4. The van der Waals surface area contributed by atoms with E-state index in [0.29, 0.717) is 22.0 Å². The van der Waals surface area contributed by atoms with E-state index in [1.165, 1.54) is 24.4 Å². The molecule has 0 fully saturated rings. The van der Waals surface area contributed by atoms with Gasteiger partial charge in [-0.2, -0.15) is 5.10 Å². The lowest BCUT2D eigenvalue weighted by Crippen LogP contribution is -2.32. The first-order chi connectivity index (χ1) is 16.3. The quantitative estimate of drug-likeness (QED) is 0.269. The van der Waals surface area contributed by atoms with E-state index in [4.69, 9.17) is 16.3 Å². The van der Waals surface area contributed by atoms with Crippen LogP contribution in [0.15, 0.2) is 71.8 Å². The highest BCUT2D eigenvalue weighted by molar-refractivity contribution is 6.39. The van der Waals surface area contributed by atoms with Crippen molar-refractivity contribution >= 4 is 46.9 Å². The molecule has 3 amide bonds. The molecule has 0 unspecified atom stereocenters. The number of carbonyl (C=O) groups is 3. The number of amides is 3. The van der Waals surface area contributed by atoms with Crippen LogP contribution < -0.4 is 20.8 Å². The summed E-state index contributed by atoms with van der Waals surface area (Å²) in [5.41, 5.74) is 3.80. The third-order valence-electron chi connectivity index (χ3n) is 4.45. The van der Waals surface area contributed by atoms with Crippen LogP contribution in [0.1, 0.15) is 11.1 Å². The van der Waals surface area contributed by atoms with Gasteiger partial charge in [0.15, 0.2) is 6.61 Å². The Morgan fingerprint density at radius 1 is 0.971 bits per heavy atom. The highest BCUT2D eigenvalue weighted by atomic mass is 35.5. The molecule has 0 atom stereocenters. The fourth-order valence-corrected chi connectivity index (χ4v) is 2.90. The van der Waals surface area contributed by atoms with Crippen LogP contribution in [-0.4, -0.2) is 30.5 Å². The van der Waals surface area contributed by atoms with Gasteiger partial charge in [-0.15, -0.1) is 0 Å². The first-order valence-electron chi connectivity index (χ1n) is 10.00. The van der Waals surface area contributed by atoms with Crippen molar-refractivity contribution in [1.29, 1.82) is 0 Å². The van der Waals surface area contributed by atoms with Gasteiger partial charge in [0.25, 0.3) is 5.91 Å². The Balaban J connectivity index is 1.55. The molecule has 3 aromatic carbocycles. The fraction of sp³-hybridized carbons (Fsp3) is 0.0833. The molecule has 0 bridgehead atoms. The van der Waals surface area contributed by atoms with Crippen LogP contribution in [0.2, 0.25) is 5.02 Å². The largest absolute Gasteiger partial charge is 0.483 e. The minimum absolute atomic E-state index is 0.128. The smallest absolute Gasteiger partial charge is 0.329 e. The van der Waals surface area contributed by atoms with Crippen molar-refractivity contribution in [3.05, 3.63) is 88.7 Å². The Kier molecular flexibility index (Phi) is 8.31. The molecule has 0 spiro atoms. The van der Waals surface area contributed by atoms with Crippen LogP contribution in [0.5, 0.6) is 5.75 Å². The minimum atomic E-state index is -1.09. The van der Waals surface area contributed by atoms with Crippen molar-refractivity contribution in [3.63, 3.8) is 0 Å². The molecule has 3 N–H and O–H groups in total. The normalized spacial score (nSPS) is 10.6. The number of anilines is 2. The van der Waals surface area contributed by atoms with E-state index in [0.717, 1.165) is 11.6 Å². The molecule has 3 rings (SSSR count). The van der Waals surface area contributed by atoms with Crippen molar-refractivity contribution < 1.29 is 23.5 Å². The summed E-state index contributed by atoms with van der Waals surface area (Å²) in [5.74, 6) is -2.91. The summed E-state index contributed by atoms with van der Waals surface area (Å²) in [5, 5.41) is 9.10. The van der Waals surface area contributed by atoms with Gasteiger partial charge in [-0.05, 0) is 48.9 Å². The molecule has 3 aromatic rings. The number of para-hydroxylation sites is 2. The maximum absolute atomic E-state index is 13.6. The van der Waals surface area contributed by atoms with Crippen LogP contribution >= 0.6 is 11.6 Å². The lowest BCUT2D eigenvalue weighted by Gasteiger charge is -2.11. The Hall–Kier alpha value is -4.24. The molecule has 0 aliphatic carbocycles. The SMILES string of the molecule is Cc1ccc(Cl)cc1NC(=O)COc1ccccc1/C=N\NC(=O)C(=O)Nc1ccccc1F. The number of nitrogens with zero attached hydrogens (tertiary/aromatic N) is 1. The number of halogens is 2. The van der Waals surface area contributed by atoms with Gasteiger partial charge in [0.2, 0.25) is 0 Å². The van der Waals surface area contributed by atoms with Crippen LogP contribution in [0.4, 0.5) is 15.8 Å². The van der Waals surface area contributed by atoms with Gasteiger partial charge in [-0.25, -0.2) is 9.82 Å². The maximum atomic E-state index is 13.6. The predicted octanol–water partition coefficient (Wildman–Crippen LogP) is 3.89. The standard InChI is InChI=1S/C24H20ClFN4O4/c1-15-10-11-17(25)12-20(15)28-22(31)14-34-21-9-5-2-6-16(21)13-27-30-24(33)23(32)29-19-8-4-3-7-18(19)26/h2-13H,14H2,1H3,(H,28,31)(H,29,32)(H,30,33)/b27-13-. The van der Waals surface area contributed by atoms with E-state index in [1.807, 2.05) is 6.92 Å². The van der Waals surface area contributed by atoms with Crippen LogP contribution in [0, 0.1) is 12.7 Å². The van der Waals surface area contributed by atoms with E-state index < -0.39 is 23.5 Å². The molecule has 0 aliphatic rings. The molecule has 0 heterocycles. The summed E-state index contributed by atoms with van der Waals surface area (Å²) in [6.45, 7) is 1.55. The third-order valence-corrected chi connectivity index (χ3v) is 4.68. The number of hydrazone groups is 1. The highest BCUT2D eigenvalue weighted by Crippen LogP contribution is 2.20. The van der Waals surface area contributed by atoms with Gasteiger partial charge in [-0.1, -0.05) is 41.9 Å². The number of hydrogen-bond donors (Lipinski definition) is 3. The number of rotatable bonds is 7. The molecule has 0 aliphatic heterocycles. The van der Waals surface area contributed by atoms with Crippen molar-refractivity contribution in [1.82, 2.24) is 5.43 Å². The van der Waals surface area contributed by atoms with Crippen molar-refractivity contribution in [2.75, 3.05) is 17.2 Å². The average molecular weight is 483 g/mol. The van der Waals surface area contributed by atoms with Crippen molar-refractivity contribution in [2.45, 2.75) is 6.92 Å². The molecule has 0 saturated heterocycles.